The molecule has 0 saturated carbocycles. The van der Waals surface area contributed by atoms with Crippen molar-refractivity contribution in [1.82, 2.24) is 0 Å². The Hall–Kier alpha value is -1.36. The first kappa shape index (κ1) is 9.73. The zero-order valence-electron chi connectivity index (χ0n) is 6.85. The minimum atomic E-state index is -0.500. The molecule has 0 aliphatic heterocycles. The average molecular weight is 197 g/mol. The summed E-state index contributed by atoms with van der Waals surface area (Å²) in [6, 6.07) is 4.04. The van der Waals surface area contributed by atoms with E-state index >= 15 is 0 Å². The molecule has 1 rings (SSSR count). The first-order valence-corrected chi connectivity index (χ1v) is 3.95. The Morgan fingerprint density at radius 1 is 1.54 bits per heavy atom. The molecule has 0 bridgehead atoms. The highest BCUT2D eigenvalue weighted by atomic mass is 32.1. The molecule has 0 atom stereocenters. The monoisotopic (exact) mass is 197 g/mol. The van der Waals surface area contributed by atoms with Crippen molar-refractivity contribution in [3.05, 3.63) is 39.4 Å². The Morgan fingerprint density at radius 3 is 2.54 bits per heavy atom. The van der Waals surface area contributed by atoms with E-state index < -0.39 is 4.92 Å². The number of nitrogens with zero attached hydrogens (tertiary/aromatic N) is 1. The van der Waals surface area contributed by atoms with Gasteiger partial charge in [-0.15, -0.1) is 12.6 Å². The first-order valence-electron chi connectivity index (χ1n) is 3.50. The van der Waals surface area contributed by atoms with Gasteiger partial charge in [0.1, 0.15) is 0 Å². The van der Waals surface area contributed by atoms with Crippen molar-refractivity contribution in [2.45, 2.75) is 6.92 Å². The van der Waals surface area contributed by atoms with E-state index in [4.69, 9.17) is 0 Å². The van der Waals surface area contributed by atoms with Crippen molar-refractivity contribution < 1.29 is 9.72 Å². The van der Waals surface area contributed by atoms with E-state index in [1.165, 1.54) is 18.2 Å². The minimum absolute atomic E-state index is 0.0177. The highest BCUT2D eigenvalue weighted by Gasteiger charge is 2.10. The number of nitro benzene ring substituents is 1. The average Bonchev–Trinajstić information content (AvgIpc) is 2.03. The summed E-state index contributed by atoms with van der Waals surface area (Å²) in [6.45, 7) is 1.64. The maximum absolute atomic E-state index is 10.8. The molecule has 13 heavy (non-hydrogen) atoms. The number of non-ortho nitro benzene ring substituents is 1. The SMILES string of the molecule is Cc1cc([N+](=O)[O-])ccc1C(=O)S. The molecule has 0 heterocycles. The fourth-order valence-electron chi connectivity index (χ4n) is 1.00. The Kier molecular flexibility index (Phi) is 2.67. The number of rotatable bonds is 2. The number of carbonyl (C=O) groups is 1. The van der Waals surface area contributed by atoms with Gasteiger partial charge >= 0.3 is 0 Å². The molecule has 0 aliphatic carbocycles. The lowest BCUT2D eigenvalue weighted by atomic mass is 10.1. The highest BCUT2D eigenvalue weighted by Crippen LogP contribution is 2.18. The highest BCUT2D eigenvalue weighted by molar-refractivity contribution is 7.97. The molecule has 0 saturated heterocycles. The molecule has 0 radical (unpaired) electrons. The second kappa shape index (κ2) is 3.57. The number of thiol groups is 1. The van der Waals surface area contributed by atoms with Crippen molar-refractivity contribution in [2.75, 3.05) is 0 Å². The number of carbonyl (C=O) groups excluding carboxylic acids is 1. The molecule has 0 N–H and O–H groups in total. The summed E-state index contributed by atoms with van der Waals surface area (Å²) in [5, 5.41) is 9.95. The van der Waals surface area contributed by atoms with Gasteiger partial charge in [-0.2, -0.15) is 0 Å². The minimum Gasteiger partial charge on any atom is -0.282 e. The molecule has 1 aromatic carbocycles. The Labute approximate surface area is 80.1 Å². The third-order valence-electron chi connectivity index (χ3n) is 1.65. The Balaban J connectivity index is 3.20. The maximum atomic E-state index is 10.8. The lowest BCUT2D eigenvalue weighted by molar-refractivity contribution is -0.384. The van der Waals surface area contributed by atoms with Gasteiger partial charge in [0.2, 0.25) is 5.12 Å². The summed E-state index contributed by atoms with van der Waals surface area (Å²) in [7, 11) is 0. The number of hydrogen-bond donors (Lipinski definition) is 1. The van der Waals surface area contributed by atoms with E-state index in [2.05, 4.69) is 12.6 Å². The van der Waals surface area contributed by atoms with Crippen molar-refractivity contribution in [3.63, 3.8) is 0 Å². The summed E-state index contributed by atoms with van der Waals surface area (Å²) < 4.78 is 0. The largest absolute Gasteiger partial charge is 0.282 e. The van der Waals surface area contributed by atoms with Crippen LogP contribution in [0.4, 0.5) is 5.69 Å². The van der Waals surface area contributed by atoms with Gasteiger partial charge in [-0.3, -0.25) is 14.9 Å². The van der Waals surface area contributed by atoms with Gasteiger partial charge in [0.15, 0.2) is 0 Å². The van der Waals surface area contributed by atoms with Crippen LogP contribution in [0.1, 0.15) is 15.9 Å². The molecule has 5 heteroatoms. The summed E-state index contributed by atoms with van der Waals surface area (Å²) in [5.74, 6) is 0. The quantitative estimate of drug-likeness (QED) is 0.448. The predicted octanol–water partition coefficient (Wildman–Crippen LogP) is 1.97. The van der Waals surface area contributed by atoms with Crippen LogP contribution in [0.5, 0.6) is 0 Å². The molecule has 4 nitrogen and oxygen atoms in total. The van der Waals surface area contributed by atoms with Gasteiger partial charge in [0.25, 0.3) is 5.69 Å². The van der Waals surface area contributed by atoms with E-state index in [0.29, 0.717) is 11.1 Å². The third-order valence-corrected chi connectivity index (χ3v) is 1.89. The summed E-state index contributed by atoms with van der Waals surface area (Å²) in [4.78, 5) is 20.7. The molecular formula is C8H7NO3S. The van der Waals surface area contributed by atoms with Crippen LogP contribution in [0.3, 0.4) is 0 Å². The van der Waals surface area contributed by atoms with Crippen LogP contribution in [-0.4, -0.2) is 10.0 Å². The van der Waals surface area contributed by atoms with Gasteiger partial charge in [-0.25, -0.2) is 0 Å². The molecule has 0 aromatic heterocycles. The summed E-state index contributed by atoms with van der Waals surface area (Å²) in [6.07, 6.45) is 0. The zero-order valence-corrected chi connectivity index (χ0v) is 7.75. The fraction of sp³-hybridized carbons (Fsp3) is 0.125. The van der Waals surface area contributed by atoms with Crippen LogP contribution in [0, 0.1) is 17.0 Å². The molecule has 1 aromatic rings. The molecule has 0 fully saturated rings. The van der Waals surface area contributed by atoms with E-state index in [0.717, 1.165) is 0 Å². The zero-order chi connectivity index (χ0) is 10.0. The number of benzene rings is 1. The Bertz CT molecular complexity index is 376. The molecular weight excluding hydrogens is 190 g/mol. The topological polar surface area (TPSA) is 60.2 Å². The van der Waals surface area contributed by atoms with Crippen LogP contribution >= 0.6 is 12.6 Å². The fourth-order valence-corrected chi connectivity index (χ4v) is 1.25. The van der Waals surface area contributed by atoms with E-state index in [1.54, 1.807) is 6.92 Å². The molecule has 0 amide bonds. The first-order chi connectivity index (χ1) is 6.02. The van der Waals surface area contributed by atoms with Crippen LogP contribution < -0.4 is 0 Å². The maximum Gasteiger partial charge on any atom is 0.269 e. The normalized spacial score (nSPS) is 9.69. The number of hydrogen-bond acceptors (Lipinski definition) is 3. The molecule has 0 spiro atoms. The Morgan fingerprint density at radius 2 is 2.15 bits per heavy atom. The van der Waals surface area contributed by atoms with Gasteiger partial charge in [-0.1, -0.05) is 0 Å². The van der Waals surface area contributed by atoms with E-state index in [9.17, 15) is 14.9 Å². The van der Waals surface area contributed by atoms with Crippen LogP contribution in [0.15, 0.2) is 18.2 Å². The molecule has 0 unspecified atom stereocenters. The predicted molar refractivity (Wildman–Crippen MR) is 51.1 cm³/mol. The van der Waals surface area contributed by atoms with Crippen molar-refractivity contribution >= 4 is 23.4 Å². The van der Waals surface area contributed by atoms with Crippen molar-refractivity contribution in [1.29, 1.82) is 0 Å². The second-order valence-electron chi connectivity index (χ2n) is 2.56. The van der Waals surface area contributed by atoms with Crippen LogP contribution in [0.2, 0.25) is 0 Å². The van der Waals surface area contributed by atoms with Crippen molar-refractivity contribution in [3.8, 4) is 0 Å². The lowest BCUT2D eigenvalue weighted by Gasteiger charge is -1.99. The molecule has 68 valence electrons. The second-order valence-corrected chi connectivity index (χ2v) is 2.97. The molecule has 0 aliphatic rings. The standard InChI is InChI=1S/C8H7NO3S/c1-5-4-6(9(11)12)2-3-7(5)8(10)13/h2-4H,1H3,(H,10,13). The van der Waals surface area contributed by atoms with Gasteiger partial charge in [0, 0.05) is 17.7 Å². The van der Waals surface area contributed by atoms with Gasteiger partial charge in [-0.05, 0) is 18.6 Å². The van der Waals surface area contributed by atoms with Crippen molar-refractivity contribution in [2.24, 2.45) is 0 Å². The number of nitro groups is 1. The number of aryl methyl sites for hydroxylation is 1. The summed E-state index contributed by atoms with van der Waals surface area (Å²) in [5.41, 5.74) is 0.943. The smallest absolute Gasteiger partial charge is 0.269 e. The summed E-state index contributed by atoms with van der Waals surface area (Å²) >= 11 is 3.63. The van der Waals surface area contributed by atoms with Crippen LogP contribution in [0.25, 0.3) is 0 Å². The van der Waals surface area contributed by atoms with E-state index in [1.807, 2.05) is 0 Å². The van der Waals surface area contributed by atoms with E-state index in [-0.39, 0.29) is 10.8 Å². The van der Waals surface area contributed by atoms with Gasteiger partial charge in [0.05, 0.1) is 4.92 Å². The third kappa shape index (κ3) is 2.06. The lowest BCUT2D eigenvalue weighted by Crippen LogP contribution is -1.95. The van der Waals surface area contributed by atoms with Gasteiger partial charge < -0.3 is 0 Å². The van der Waals surface area contributed by atoms with Crippen LogP contribution in [-0.2, 0) is 0 Å².